The van der Waals surface area contributed by atoms with Gasteiger partial charge in [0.1, 0.15) is 0 Å². The smallest absolute Gasteiger partial charge is 0.220 e. The van der Waals surface area contributed by atoms with Crippen molar-refractivity contribution >= 4 is 24.2 Å². The van der Waals surface area contributed by atoms with E-state index in [1.54, 1.807) is 0 Å². The average molecular weight is 292 g/mol. The Balaban J connectivity index is 0.00000324. The fraction of sp³-hybridized carbons (Fsp3) is 0.846. The monoisotopic (exact) mass is 291 g/mol. The van der Waals surface area contributed by atoms with Crippen molar-refractivity contribution in [3.63, 3.8) is 0 Å². The highest BCUT2D eigenvalue weighted by Gasteiger charge is 2.26. The van der Waals surface area contributed by atoms with E-state index in [-0.39, 0.29) is 30.3 Å². The minimum absolute atomic E-state index is 0. The molecule has 0 radical (unpaired) electrons. The summed E-state index contributed by atoms with van der Waals surface area (Å²) in [5.74, 6) is 0.494. The molecule has 1 rings (SSSR count). The third-order valence-electron chi connectivity index (χ3n) is 3.49. The standard InChI is InChI=1S/C13H25N3O2.ClH/c1-2-15-12(17)7-4-8-13(18)16-11-6-3-5-10(11)9-14;/h10-11H,2-9,14H2,1H3,(H,15,17)(H,16,18);1H. The molecule has 0 spiro atoms. The summed E-state index contributed by atoms with van der Waals surface area (Å²) in [5, 5.41) is 5.76. The van der Waals surface area contributed by atoms with Crippen LogP contribution in [0.5, 0.6) is 0 Å². The first-order valence-corrected chi connectivity index (χ1v) is 6.93. The second-order valence-corrected chi connectivity index (χ2v) is 4.91. The molecule has 1 aliphatic rings. The molecule has 0 aromatic rings. The van der Waals surface area contributed by atoms with Crippen LogP contribution in [0.25, 0.3) is 0 Å². The SMILES string of the molecule is CCNC(=O)CCCC(=O)NC1CCCC1CN.Cl. The Labute approximate surface area is 121 Å². The first-order chi connectivity index (χ1) is 8.67. The Hall–Kier alpha value is -0.810. The van der Waals surface area contributed by atoms with Crippen LogP contribution in [-0.4, -0.2) is 30.9 Å². The minimum atomic E-state index is 0. The van der Waals surface area contributed by atoms with Gasteiger partial charge in [0.25, 0.3) is 0 Å². The Morgan fingerprint density at radius 1 is 1.21 bits per heavy atom. The molecule has 0 saturated heterocycles. The Kier molecular flexibility index (Phi) is 9.61. The molecule has 4 N–H and O–H groups in total. The van der Waals surface area contributed by atoms with Gasteiger partial charge in [-0.1, -0.05) is 6.42 Å². The van der Waals surface area contributed by atoms with E-state index in [1.165, 1.54) is 0 Å². The molecular weight excluding hydrogens is 266 g/mol. The molecule has 0 bridgehead atoms. The zero-order valence-electron chi connectivity index (χ0n) is 11.6. The molecule has 1 saturated carbocycles. The van der Waals surface area contributed by atoms with Crippen molar-refractivity contribution in [2.24, 2.45) is 11.7 Å². The largest absolute Gasteiger partial charge is 0.356 e. The molecule has 2 unspecified atom stereocenters. The van der Waals surface area contributed by atoms with Crippen LogP contribution < -0.4 is 16.4 Å². The summed E-state index contributed by atoms with van der Waals surface area (Å²) in [6.07, 6.45) is 4.74. The van der Waals surface area contributed by atoms with Gasteiger partial charge >= 0.3 is 0 Å². The molecule has 112 valence electrons. The molecule has 2 atom stereocenters. The van der Waals surface area contributed by atoms with Gasteiger partial charge in [0.15, 0.2) is 0 Å². The number of rotatable bonds is 7. The number of nitrogens with two attached hydrogens (primary N) is 1. The quantitative estimate of drug-likeness (QED) is 0.653. The van der Waals surface area contributed by atoms with Crippen LogP contribution in [0.2, 0.25) is 0 Å². The highest BCUT2D eigenvalue weighted by molar-refractivity contribution is 5.85. The van der Waals surface area contributed by atoms with Crippen molar-refractivity contribution in [1.82, 2.24) is 10.6 Å². The highest BCUT2D eigenvalue weighted by atomic mass is 35.5. The summed E-state index contributed by atoms with van der Waals surface area (Å²) in [6.45, 7) is 3.17. The summed E-state index contributed by atoms with van der Waals surface area (Å²) in [6, 6.07) is 0.243. The number of carbonyl (C=O) groups is 2. The zero-order valence-corrected chi connectivity index (χ0v) is 12.4. The van der Waals surface area contributed by atoms with Gasteiger partial charge in [-0.2, -0.15) is 0 Å². The van der Waals surface area contributed by atoms with Crippen LogP contribution in [-0.2, 0) is 9.59 Å². The number of amides is 2. The lowest BCUT2D eigenvalue weighted by molar-refractivity contribution is -0.122. The van der Waals surface area contributed by atoms with Crippen molar-refractivity contribution < 1.29 is 9.59 Å². The number of halogens is 1. The van der Waals surface area contributed by atoms with Crippen LogP contribution in [0.3, 0.4) is 0 Å². The molecular formula is C13H26ClN3O2. The predicted octanol–water partition coefficient (Wildman–Crippen LogP) is 0.958. The van der Waals surface area contributed by atoms with Crippen LogP contribution in [0.1, 0.15) is 45.4 Å². The maximum atomic E-state index is 11.7. The van der Waals surface area contributed by atoms with E-state index in [0.29, 0.717) is 38.3 Å². The summed E-state index contributed by atoms with van der Waals surface area (Å²) in [7, 11) is 0. The maximum Gasteiger partial charge on any atom is 0.220 e. The van der Waals surface area contributed by atoms with Crippen molar-refractivity contribution in [2.75, 3.05) is 13.1 Å². The van der Waals surface area contributed by atoms with E-state index in [2.05, 4.69) is 10.6 Å². The van der Waals surface area contributed by atoms with Crippen LogP contribution >= 0.6 is 12.4 Å². The number of hydrogen-bond acceptors (Lipinski definition) is 3. The molecule has 0 aromatic heterocycles. The molecule has 19 heavy (non-hydrogen) atoms. The third-order valence-corrected chi connectivity index (χ3v) is 3.49. The van der Waals surface area contributed by atoms with Crippen molar-refractivity contribution in [1.29, 1.82) is 0 Å². The second kappa shape index (κ2) is 10.0. The normalized spacial score (nSPS) is 21.6. The summed E-state index contributed by atoms with van der Waals surface area (Å²) >= 11 is 0. The highest BCUT2D eigenvalue weighted by Crippen LogP contribution is 2.24. The molecule has 0 aliphatic heterocycles. The molecule has 5 nitrogen and oxygen atoms in total. The van der Waals surface area contributed by atoms with Gasteiger partial charge < -0.3 is 16.4 Å². The van der Waals surface area contributed by atoms with Gasteiger partial charge in [0.05, 0.1) is 0 Å². The first-order valence-electron chi connectivity index (χ1n) is 6.93. The van der Waals surface area contributed by atoms with E-state index in [4.69, 9.17) is 5.73 Å². The Bertz CT molecular complexity index is 287. The van der Waals surface area contributed by atoms with Gasteiger partial charge in [0, 0.05) is 25.4 Å². The number of hydrogen-bond donors (Lipinski definition) is 3. The van der Waals surface area contributed by atoms with Gasteiger partial charge in [-0.05, 0) is 38.6 Å². The van der Waals surface area contributed by atoms with E-state index in [0.717, 1.165) is 19.3 Å². The Morgan fingerprint density at radius 3 is 2.53 bits per heavy atom. The van der Waals surface area contributed by atoms with Crippen LogP contribution in [0.15, 0.2) is 0 Å². The summed E-state index contributed by atoms with van der Waals surface area (Å²) in [5.41, 5.74) is 5.67. The lowest BCUT2D eigenvalue weighted by Gasteiger charge is -2.19. The lowest BCUT2D eigenvalue weighted by Crippen LogP contribution is -2.39. The molecule has 0 aromatic carbocycles. The topological polar surface area (TPSA) is 84.2 Å². The van der Waals surface area contributed by atoms with E-state index in [1.807, 2.05) is 6.92 Å². The predicted molar refractivity (Wildman–Crippen MR) is 78.1 cm³/mol. The van der Waals surface area contributed by atoms with Gasteiger partial charge in [0.2, 0.25) is 11.8 Å². The second-order valence-electron chi connectivity index (χ2n) is 4.91. The van der Waals surface area contributed by atoms with Crippen molar-refractivity contribution in [3.05, 3.63) is 0 Å². The average Bonchev–Trinajstić information content (AvgIpc) is 2.76. The summed E-state index contributed by atoms with van der Waals surface area (Å²) in [4.78, 5) is 22.9. The first kappa shape index (κ1) is 18.2. The van der Waals surface area contributed by atoms with Crippen LogP contribution in [0, 0.1) is 5.92 Å². The fourth-order valence-electron chi connectivity index (χ4n) is 2.48. The van der Waals surface area contributed by atoms with Gasteiger partial charge in [-0.3, -0.25) is 9.59 Å². The van der Waals surface area contributed by atoms with E-state index in [9.17, 15) is 9.59 Å². The van der Waals surface area contributed by atoms with Crippen molar-refractivity contribution in [3.8, 4) is 0 Å². The Morgan fingerprint density at radius 2 is 1.89 bits per heavy atom. The lowest BCUT2D eigenvalue weighted by atomic mass is 10.0. The number of carbonyl (C=O) groups excluding carboxylic acids is 2. The number of nitrogens with one attached hydrogen (secondary N) is 2. The van der Waals surface area contributed by atoms with E-state index < -0.39 is 0 Å². The van der Waals surface area contributed by atoms with Gasteiger partial charge in [-0.15, -0.1) is 12.4 Å². The van der Waals surface area contributed by atoms with Crippen molar-refractivity contribution in [2.45, 2.75) is 51.5 Å². The van der Waals surface area contributed by atoms with E-state index >= 15 is 0 Å². The molecule has 1 fully saturated rings. The van der Waals surface area contributed by atoms with Gasteiger partial charge in [-0.25, -0.2) is 0 Å². The maximum absolute atomic E-state index is 11.7. The fourth-order valence-corrected chi connectivity index (χ4v) is 2.48. The zero-order chi connectivity index (χ0) is 13.4. The molecule has 2 amide bonds. The minimum Gasteiger partial charge on any atom is -0.356 e. The van der Waals surface area contributed by atoms with Crippen LogP contribution in [0.4, 0.5) is 0 Å². The molecule has 6 heteroatoms. The molecule has 0 heterocycles. The third kappa shape index (κ3) is 6.78. The molecule has 1 aliphatic carbocycles. The summed E-state index contributed by atoms with van der Waals surface area (Å²) < 4.78 is 0.